The number of ether oxygens (including phenoxy) is 2. The fourth-order valence-corrected chi connectivity index (χ4v) is 3.34. The van der Waals surface area contributed by atoms with E-state index in [0.717, 1.165) is 18.7 Å². The molecule has 0 spiro atoms. The van der Waals surface area contributed by atoms with Crippen LogP contribution in [0.2, 0.25) is 0 Å². The maximum atomic E-state index is 12.5. The van der Waals surface area contributed by atoms with Gasteiger partial charge in [-0.3, -0.25) is 14.6 Å². The zero-order valence-electron chi connectivity index (χ0n) is 15.3. The molecule has 9 nitrogen and oxygen atoms in total. The van der Waals surface area contributed by atoms with Gasteiger partial charge in [0.15, 0.2) is 11.6 Å². The van der Waals surface area contributed by atoms with E-state index in [9.17, 15) is 9.59 Å². The number of anilines is 1. The van der Waals surface area contributed by atoms with Gasteiger partial charge in [0.25, 0.3) is 5.91 Å². The Morgan fingerprint density at radius 2 is 1.96 bits per heavy atom. The van der Waals surface area contributed by atoms with Crippen LogP contribution < -0.4 is 10.6 Å². The quantitative estimate of drug-likeness (QED) is 0.816. The first kappa shape index (κ1) is 18.3. The number of nitrogens with zero attached hydrogens (tertiary/aromatic N) is 4. The smallest absolute Gasteiger partial charge is 0.416 e. The number of primary amides is 1. The van der Waals surface area contributed by atoms with Gasteiger partial charge < -0.3 is 15.2 Å². The highest BCUT2D eigenvalue weighted by Crippen LogP contribution is 2.26. The van der Waals surface area contributed by atoms with E-state index in [1.807, 2.05) is 30.3 Å². The molecule has 1 aromatic heterocycles. The highest BCUT2D eigenvalue weighted by atomic mass is 16.6. The minimum absolute atomic E-state index is 0.0867. The van der Waals surface area contributed by atoms with Crippen LogP contribution in [0, 0.1) is 0 Å². The van der Waals surface area contributed by atoms with Gasteiger partial charge in [0.05, 0.1) is 19.8 Å². The fraction of sp³-hybridized carbons (Fsp3) is 0.368. The molecular weight excluding hydrogens is 362 g/mol. The van der Waals surface area contributed by atoms with E-state index in [0.29, 0.717) is 32.1 Å². The van der Waals surface area contributed by atoms with Gasteiger partial charge in [-0.05, 0) is 0 Å². The normalized spacial score (nSPS) is 20.2. The molecule has 2 aliphatic rings. The van der Waals surface area contributed by atoms with Crippen molar-refractivity contribution in [3.8, 4) is 11.4 Å². The third-order valence-corrected chi connectivity index (χ3v) is 4.76. The van der Waals surface area contributed by atoms with E-state index < -0.39 is 12.0 Å². The van der Waals surface area contributed by atoms with Gasteiger partial charge in [-0.2, -0.15) is 0 Å². The molecule has 0 radical (unpaired) electrons. The Balaban J connectivity index is 1.59. The van der Waals surface area contributed by atoms with E-state index >= 15 is 0 Å². The second-order valence-corrected chi connectivity index (χ2v) is 6.69. The Bertz CT molecular complexity index is 870. The standard InChI is InChI=1S/C19H21N5O4/c20-16(25)15-10-21-17(13-4-2-1-3-5-13)22-18(15)24-12-14(28-19(24)26)11-23-6-8-27-9-7-23/h1-5,10,14H,6-9,11-12H2,(H2,20,25). The number of hydrogen-bond donors (Lipinski definition) is 1. The largest absolute Gasteiger partial charge is 0.443 e. The van der Waals surface area contributed by atoms with Crippen molar-refractivity contribution in [2.75, 3.05) is 44.3 Å². The average Bonchev–Trinajstić information content (AvgIpc) is 3.08. The van der Waals surface area contributed by atoms with Crippen molar-refractivity contribution in [3.05, 3.63) is 42.1 Å². The van der Waals surface area contributed by atoms with Crippen molar-refractivity contribution < 1.29 is 19.1 Å². The van der Waals surface area contributed by atoms with Gasteiger partial charge in [-0.15, -0.1) is 0 Å². The Kier molecular flexibility index (Phi) is 5.18. The number of aromatic nitrogens is 2. The number of morpholine rings is 1. The lowest BCUT2D eigenvalue weighted by atomic mass is 10.2. The van der Waals surface area contributed by atoms with E-state index in [4.69, 9.17) is 15.2 Å². The molecule has 2 amide bonds. The van der Waals surface area contributed by atoms with Gasteiger partial charge in [0.2, 0.25) is 0 Å². The summed E-state index contributed by atoms with van der Waals surface area (Å²) >= 11 is 0. The molecule has 28 heavy (non-hydrogen) atoms. The predicted octanol–water partition coefficient (Wildman–Crippen LogP) is 0.900. The first-order valence-electron chi connectivity index (χ1n) is 9.12. The molecule has 3 heterocycles. The summed E-state index contributed by atoms with van der Waals surface area (Å²) in [5, 5.41) is 0. The Morgan fingerprint density at radius 1 is 1.21 bits per heavy atom. The molecule has 0 aliphatic carbocycles. The number of cyclic esters (lactones) is 1. The molecular formula is C19H21N5O4. The van der Waals surface area contributed by atoms with Crippen molar-refractivity contribution in [1.82, 2.24) is 14.9 Å². The van der Waals surface area contributed by atoms with Gasteiger partial charge in [0.1, 0.15) is 11.7 Å². The van der Waals surface area contributed by atoms with Gasteiger partial charge in [0, 0.05) is 31.4 Å². The molecule has 2 fully saturated rings. The van der Waals surface area contributed by atoms with Crippen LogP contribution >= 0.6 is 0 Å². The van der Waals surface area contributed by atoms with Gasteiger partial charge >= 0.3 is 6.09 Å². The van der Waals surface area contributed by atoms with Crippen LogP contribution in [0.15, 0.2) is 36.5 Å². The first-order valence-corrected chi connectivity index (χ1v) is 9.12. The molecule has 9 heteroatoms. The summed E-state index contributed by atoms with van der Waals surface area (Å²) in [6.07, 6.45) is 0.496. The zero-order valence-corrected chi connectivity index (χ0v) is 15.3. The van der Waals surface area contributed by atoms with E-state index in [1.54, 1.807) is 0 Å². The van der Waals surface area contributed by atoms with Crippen LogP contribution in [-0.4, -0.2) is 72.4 Å². The van der Waals surface area contributed by atoms with Crippen LogP contribution in [0.25, 0.3) is 11.4 Å². The van der Waals surface area contributed by atoms with Crippen molar-refractivity contribution >= 4 is 17.8 Å². The maximum Gasteiger partial charge on any atom is 0.416 e. The third kappa shape index (κ3) is 3.80. The number of nitrogens with two attached hydrogens (primary N) is 1. The maximum absolute atomic E-state index is 12.5. The second-order valence-electron chi connectivity index (χ2n) is 6.69. The lowest BCUT2D eigenvalue weighted by Gasteiger charge is -2.28. The monoisotopic (exact) mass is 383 g/mol. The lowest BCUT2D eigenvalue weighted by Crippen LogP contribution is -2.42. The predicted molar refractivity (Wildman–Crippen MR) is 101 cm³/mol. The van der Waals surface area contributed by atoms with Gasteiger partial charge in [-0.1, -0.05) is 30.3 Å². The van der Waals surface area contributed by atoms with Crippen molar-refractivity contribution in [1.29, 1.82) is 0 Å². The number of carbonyl (C=O) groups is 2. The summed E-state index contributed by atoms with van der Waals surface area (Å²) in [5.41, 5.74) is 6.34. The molecule has 1 atom stereocenters. The highest BCUT2D eigenvalue weighted by molar-refractivity contribution is 6.02. The Morgan fingerprint density at radius 3 is 2.68 bits per heavy atom. The Hall–Kier alpha value is -3.04. The lowest BCUT2D eigenvalue weighted by molar-refractivity contribution is 0.0188. The molecule has 2 aromatic rings. The van der Waals surface area contributed by atoms with Gasteiger partial charge in [-0.25, -0.2) is 14.8 Å². The summed E-state index contributed by atoms with van der Waals surface area (Å²) in [5.74, 6) is -0.111. The Labute approximate surface area is 162 Å². The minimum Gasteiger partial charge on any atom is -0.443 e. The topological polar surface area (TPSA) is 111 Å². The third-order valence-electron chi connectivity index (χ3n) is 4.76. The molecule has 2 N–H and O–H groups in total. The number of carbonyl (C=O) groups excluding carboxylic acids is 2. The molecule has 0 saturated carbocycles. The van der Waals surface area contributed by atoms with Crippen LogP contribution in [0.1, 0.15) is 10.4 Å². The fourth-order valence-electron chi connectivity index (χ4n) is 3.34. The van der Waals surface area contributed by atoms with E-state index in [1.165, 1.54) is 11.1 Å². The molecule has 2 saturated heterocycles. The summed E-state index contributed by atoms with van der Waals surface area (Å²) in [7, 11) is 0. The summed E-state index contributed by atoms with van der Waals surface area (Å²) < 4.78 is 10.8. The second kappa shape index (κ2) is 7.91. The number of amides is 2. The molecule has 146 valence electrons. The molecule has 1 unspecified atom stereocenters. The summed E-state index contributed by atoms with van der Waals surface area (Å²) in [4.78, 5) is 36.6. The summed E-state index contributed by atoms with van der Waals surface area (Å²) in [6.45, 7) is 3.83. The number of hydrogen-bond acceptors (Lipinski definition) is 7. The zero-order chi connectivity index (χ0) is 19.5. The van der Waals surface area contributed by atoms with E-state index in [2.05, 4.69) is 14.9 Å². The van der Waals surface area contributed by atoms with Crippen molar-refractivity contribution in [2.24, 2.45) is 5.73 Å². The molecule has 2 aliphatic heterocycles. The summed E-state index contributed by atoms with van der Waals surface area (Å²) in [6, 6.07) is 9.32. The minimum atomic E-state index is -0.695. The SMILES string of the molecule is NC(=O)c1cnc(-c2ccccc2)nc1N1CC(CN2CCOCC2)OC1=O. The highest BCUT2D eigenvalue weighted by Gasteiger charge is 2.36. The number of rotatable bonds is 5. The molecule has 4 rings (SSSR count). The van der Waals surface area contributed by atoms with Crippen molar-refractivity contribution in [3.63, 3.8) is 0 Å². The van der Waals surface area contributed by atoms with Crippen LogP contribution in [0.3, 0.4) is 0 Å². The van der Waals surface area contributed by atoms with Crippen LogP contribution in [-0.2, 0) is 9.47 Å². The molecule has 0 bridgehead atoms. The van der Waals surface area contributed by atoms with Crippen LogP contribution in [0.5, 0.6) is 0 Å². The molecule has 1 aromatic carbocycles. The van der Waals surface area contributed by atoms with Crippen molar-refractivity contribution in [2.45, 2.75) is 6.10 Å². The average molecular weight is 383 g/mol. The number of benzene rings is 1. The van der Waals surface area contributed by atoms with Crippen LogP contribution in [0.4, 0.5) is 10.6 Å². The first-order chi connectivity index (χ1) is 13.6. The van der Waals surface area contributed by atoms with E-state index in [-0.39, 0.29) is 17.5 Å².